The number of nitrogens with zero attached hydrogens (tertiary/aromatic N) is 6. The van der Waals surface area contributed by atoms with E-state index in [2.05, 4.69) is 33.2 Å². The van der Waals surface area contributed by atoms with Crippen LogP contribution in [0.25, 0.3) is 17.2 Å². The van der Waals surface area contributed by atoms with Crippen molar-refractivity contribution in [2.24, 2.45) is 0 Å². The van der Waals surface area contributed by atoms with Gasteiger partial charge in [-0.25, -0.2) is 9.97 Å². The lowest BCUT2D eigenvalue weighted by Gasteiger charge is -2.34. The summed E-state index contributed by atoms with van der Waals surface area (Å²) in [4.78, 5) is 27.1. The minimum Gasteiger partial charge on any atom is -0.383 e. The van der Waals surface area contributed by atoms with E-state index < -0.39 is 0 Å². The second-order valence-electron chi connectivity index (χ2n) is 8.68. The second kappa shape index (κ2) is 10.0. The van der Waals surface area contributed by atoms with Crippen molar-refractivity contribution in [3.8, 4) is 17.2 Å². The van der Waals surface area contributed by atoms with Crippen LogP contribution in [0.3, 0.4) is 0 Å². The van der Waals surface area contributed by atoms with Gasteiger partial charge in [-0.2, -0.15) is 9.78 Å². The first-order valence-electron chi connectivity index (χ1n) is 11.7. The number of ether oxygens (including phenoxy) is 2. The van der Waals surface area contributed by atoms with E-state index in [1.807, 2.05) is 17.2 Å². The Morgan fingerprint density at radius 1 is 1.00 bits per heavy atom. The van der Waals surface area contributed by atoms with E-state index in [4.69, 9.17) is 14.5 Å². The number of carbonyl (C=O) groups excluding carboxylic acids is 1. The van der Waals surface area contributed by atoms with Crippen molar-refractivity contribution >= 4 is 5.91 Å². The van der Waals surface area contributed by atoms with Gasteiger partial charge >= 0.3 is 0 Å². The van der Waals surface area contributed by atoms with E-state index in [9.17, 15) is 4.79 Å². The normalized spacial score (nSPS) is 15.8. The molecule has 5 rings (SSSR count). The van der Waals surface area contributed by atoms with E-state index in [1.165, 1.54) is 5.56 Å². The van der Waals surface area contributed by atoms with Crippen molar-refractivity contribution in [3.63, 3.8) is 0 Å². The van der Waals surface area contributed by atoms with E-state index in [1.54, 1.807) is 25.1 Å². The number of methoxy groups -OCH3 is 2. The predicted octanol–water partition coefficient (Wildman–Crippen LogP) is 1.98. The second-order valence-corrected chi connectivity index (χ2v) is 8.68. The van der Waals surface area contributed by atoms with Crippen molar-refractivity contribution in [2.75, 3.05) is 53.6 Å². The van der Waals surface area contributed by atoms with Gasteiger partial charge in [0.1, 0.15) is 0 Å². The SMILES string of the molecule is COCCN1CCN(C(=O)c2cnn(-c3ncc4c(n3)-c3ccccc3CC4)c2COC)CC1. The summed E-state index contributed by atoms with van der Waals surface area (Å²) in [5.41, 5.74) is 5.69. The number of fused-ring (bicyclic) bond motifs is 3. The van der Waals surface area contributed by atoms with Crippen LogP contribution in [0.4, 0.5) is 0 Å². The van der Waals surface area contributed by atoms with E-state index in [0.29, 0.717) is 36.9 Å². The molecule has 0 spiro atoms. The van der Waals surface area contributed by atoms with Crippen molar-refractivity contribution in [3.05, 3.63) is 59.0 Å². The highest BCUT2D eigenvalue weighted by Gasteiger charge is 2.27. The summed E-state index contributed by atoms with van der Waals surface area (Å²) in [6, 6.07) is 8.35. The summed E-state index contributed by atoms with van der Waals surface area (Å²) in [5.74, 6) is 0.416. The quantitative estimate of drug-likeness (QED) is 0.531. The van der Waals surface area contributed by atoms with Crippen LogP contribution < -0.4 is 0 Å². The summed E-state index contributed by atoms with van der Waals surface area (Å²) in [5, 5.41) is 4.52. The zero-order valence-electron chi connectivity index (χ0n) is 19.7. The number of piperazine rings is 1. The van der Waals surface area contributed by atoms with Gasteiger partial charge in [-0.05, 0) is 24.0 Å². The number of hydrogen-bond donors (Lipinski definition) is 0. The third-order valence-corrected chi connectivity index (χ3v) is 6.63. The maximum atomic E-state index is 13.4. The van der Waals surface area contributed by atoms with E-state index in [-0.39, 0.29) is 12.5 Å². The van der Waals surface area contributed by atoms with Crippen molar-refractivity contribution in [1.29, 1.82) is 0 Å². The molecule has 0 radical (unpaired) electrons. The lowest BCUT2D eigenvalue weighted by Crippen LogP contribution is -2.49. The fourth-order valence-electron chi connectivity index (χ4n) is 4.72. The number of hydrogen-bond acceptors (Lipinski definition) is 7. The van der Waals surface area contributed by atoms with Gasteiger partial charge in [0.15, 0.2) is 0 Å². The number of carbonyl (C=O) groups is 1. The molecule has 0 bridgehead atoms. The zero-order valence-corrected chi connectivity index (χ0v) is 19.7. The van der Waals surface area contributed by atoms with Gasteiger partial charge in [-0.1, -0.05) is 24.3 Å². The van der Waals surface area contributed by atoms with Gasteiger partial charge in [0.2, 0.25) is 0 Å². The van der Waals surface area contributed by atoms with E-state index in [0.717, 1.165) is 49.3 Å². The fourth-order valence-corrected chi connectivity index (χ4v) is 4.72. The van der Waals surface area contributed by atoms with Crippen LogP contribution in [0.15, 0.2) is 36.7 Å². The molecule has 2 aliphatic rings. The average Bonchev–Trinajstić information content (AvgIpc) is 3.30. The van der Waals surface area contributed by atoms with Crippen LogP contribution >= 0.6 is 0 Å². The third kappa shape index (κ3) is 4.34. The molecule has 1 fully saturated rings. The molecule has 3 heterocycles. The molecule has 0 N–H and O–H groups in total. The Morgan fingerprint density at radius 2 is 1.79 bits per heavy atom. The number of aryl methyl sites for hydroxylation is 2. The number of aromatic nitrogens is 4. The topological polar surface area (TPSA) is 85.6 Å². The van der Waals surface area contributed by atoms with Gasteiger partial charge in [0.05, 0.1) is 36.4 Å². The summed E-state index contributed by atoms with van der Waals surface area (Å²) in [6.45, 7) is 4.82. The molecule has 9 heteroatoms. The molecular formula is C25H30N6O3. The van der Waals surface area contributed by atoms with Gasteiger partial charge in [0.25, 0.3) is 11.9 Å². The first kappa shape index (κ1) is 22.6. The smallest absolute Gasteiger partial charge is 0.257 e. The van der Waals surface area contributed by atoms with Crippen molar-refractivity contribution in [2.45, 2.75) is 19.4 Å². The largest absolute Gasteiger partial charge is 0.383 e. The number of rotatable bonds is 7. The minimum atomic E-state index is -0.0343. The summed E-state index contributed by atoms with van der Waals surface area (Å²) >= 11 is 0. The van der Waals surface area contributed by atoms with Crippen LogP contribution in [-0.4, -0.2) is 89.0 Å². The fraction of sp³-hybridized carbons (Fsp3) is 0.440. The molecule has 0 saturated carbocycles. The molecule has 34 heavy (non-hydrogen) atoms. The Labute approximate surface area is 199 Å². The average molecular weight is 463 g/mol. The Bertz CT molecular complexity index is 1170. The molecule has 1 aliphatic heterocycles. The van der Waals surface area contributed by atoms with Gasteiger partial charge in [-0.3, -0.25) is 9.69 Å². The molecule has 1 saturated heterocycles. The molecule has 1 aliphatic carbocycles. The highest BCUT2D eigenvalue weighted by atomic mass is 16.5. The minimum absolute atomic E-state index is 0.0343. The molecule has 9 nitrogen and oxygen atoms in total. The zero-order chi connectivity index (χ0) is 23.5. The summed E-state index contributed by atoms with van der Waals surface area (Å²) in [7, 11) is 3.32. The lowest BCUT2D eigenvalue weighted by molar-refractivity contribution is 0.0590. The van der Waals surface area contributed by atoms with Gasteiger partial charge in [0, 0.05) is 58.7 Å². The van der Waals surface area contributed by atoms with Crippen molar-refractivity contribution in [1.82, 2.24) is 29.5 Å². The Balaban J connectivity index is 1.42. The predicted molar refractivity (Wildman–Crippen MR) is 127 cm³/mol. The highest BCUT2D eigenvalue weighted by molar-refractivity contribution is 5.95. The molecule has 1 amide bonds. The van der Waals surface area contributed by atoms with Gasteiger partial charge < -0.3 is 14.4 Å². The standard InChI is InChI=1S/C25H30N6O3/c1-33-14-13-29-9-11-30(12-10-29)24(32)21-16-27-31(22(21)17-34-2)25-26-15-19-8-7-18-5-3-4-6-20(18)23(19)28-25/h3-6,15-16H,7-14,17H2,1-2H3. The van der Waals surface area contributed by atoms with Crippen LogP contribution in [0.1, 0.15) is 27.2 Å². The molecular weight excluding hydrogens is 432 g/mol. The van der Waals surface area contributed by atoms with Crippen LogP contribution in [-0.2, 0) is 28.9 Å². The first-order chi connectivity index (χ1) is 16.7. The molecule has 0 atom stereocenters. The van der Waals surface area contributed by atoms with Crippen molar-refractivity contribution < 1.29 is 14.3 Å². The van der Waals surface area contributed by atoms with Crippen LogP contribution in [0, 0.1) is 0 Å². The number of benzene rings is 1. The Kier molecular flexibility index (Phi) is 6.66. The van der Waals surface area contributed by atoms with Gasteiger partial charge in [-0.15, -0.1) is 0 Å². The Hall–Kier alpha value is -3.14. The Morgan fingerprint density at radius 3 is 2.59 bits per heavy atom. The van der Waals surface area contributed by atoms with E-state index >= 15 is 0 Å². The molecule has 3 aromatic rings. The number of amides is 1. The molecule has 0 unspecified atom stereocenters. The summed E-state index contributed by atoms with van der Waals surface area (Å²) < 4.78 is 12.3. The van der Waals surface area contributed by atoms with Crippen LogP contribution in [0.2, 0.25) is 0 Å². The highest BCUT2D eigenvalue weighted by Crippen LogP contribution is 2.32. The van der Waals surface area contributed by atoms with Crippen LogP contribution in [0.5, 0.6) is 0 Å². The third-order valence-electron chi connectivity index (χ3n) is 6.63. The maximum absolute atomic E-state index is 13.4. The molecule has 1 aromatic carbocycles. The first-order valence-corrected chi connectivity index (χ1v) is 11.7. The molecule has 178 valence electrons. The maximum Gasteiger partial charge on any atom is 0.257 e. The monoisotopic (exact) mass is 462 g/mol. The molecule has 2 aromatic heterocycles. The summed E-state index contributed by atoms with van der Waals surface area (Å²) in [6.07, 6.45) is 5.40. The lowest BCUT2D eigenvalue weighted by atomic mass is 9.90.